The van der Waals surface area contributed by atoms with Gasteiger partial charge in [-0.05, 0) is 30.2 Å². The number of hydrogen-bond donors (Lipinski definition) is 1. The molecule has 0 aliphatic heterocycles. The average Bonchev–Trinajstić information content (AvgIpc) is 2.22. The van der Waals surface area contributed by atoms with Crippen molar-refractivity contribution in [1.29, 1.82) is 0 Å². The monoisotopic (exact) mass is 206 g/mol. The topological polar surface area (TPSA) is 0 Å². The molecule has 0 aromatic heterocycles. The summed E-state index contributed by atoms with van der Waals surface area (Å²) >= 11 is 4.26. The maximum Gasteiger partial charge on any atom is 0.00463 e. The van der Waals surface area contributed by atoms with Gasteiger partial charge < -0.3 is 0 Å². The Labute approximate surface area is 92.8 Å². The third-order valence-electron chi connectivity index (χ3n) is 1.64. The van der Waals surface area contributed by atoms with Crippen LogP contribution in [0.5, 0.6) is 0 Å². The number of rotatable bonds is 2. The molecule has 0 radical (unpaired) electrons. The summed E-state index contributed by atoms with van der Waals surface area (Å²) in [7, 11) is 0. The number of hydrogen-bond acceptors (Lipinski definition) is 1. The van der Waals surface area contributed by atoms with Gasteiger partial charge in [0.25, 0.3) is 0 Å². The highest BCUT2D eigenvalue weighted by molar-refractivity contribution is 7.80. The summed E-state index contributed by atoms with van der Waals surface area (Å²) in [6, 6.07) is 6.01. The average molecular weight is 206 g/mol. The Bertz CT molecular complexity index is 311. The molecular formula is C13H18S. The SMILES string of the molecule is C=Cc1ccc(S)cc1/C=C\C.CC. The summed E-state index contributed by atoms with van der Waals surface area (Å²) in [6.45, 7) is 9.74. The second-order valence-electron chi connectivity index (χ2n) is 2.52. The van der Waals surface area contributed by atoms with Crippen LogP contribution in [0.1, 0.15) is 31.9 Å². The van der Waals surface area contributed by atoms with E-state index in [9.17, 15) is 0 Å². The Kier molecular flexibility index (Phi) is 6.95. The summed E-state index contributed by atoms with van der Waals surface area (Å²) in [6.07, 6.45) is 5.91. The van der Waals surface area contributed by atoms with Crippen molar-refractivity contribution >= 4 is 24.8 Å². The van der Waals surface area contributed by atoms with Crippen LogP contribution in [0.25, 0.3) is 12.2 Å². The van der Waals surface area contributed by atoms with Crippen LogP contribution < -0.4 is 0 Å². The smallest absolute Gasteiger partial charge is 0.00463 e. The minimum Gasteiger partial charge on any atom is -0.143 e. The molecule has 1 heteroatoms. The maximum atomic E-state index is 4.26. The van der Waals surface area contributed by atoms with Gasteiger partial charge in [0.1, 0.15) is 0 Å². The van der Waals surface area contributed by atoms with Gasteiger partial charge in [0, 0.05) is 4.90 Å². The molecule has 0 saturated carbocycles. The summed E-state index contributed by atoms with van der Waals surface area (Å²) < 4.78 is 0. The molecule has 1 aromatic rings. The zero-order chi connectivity index (χ0) is 11.0. The van der Waals surface area contributed by atoms with E-state index in [-0.39, 0.29) is 0 Å². The third-order valence-corrected chi connectivity index (χ3v) is 1.91. The van der Waals surface area contributed by atoms with Crippen molar-refractivity contribution in [2.24, 2.45) is 0 Å². The van der Waals surface area contributed by atoms with Gasteiger partial charge in [-0.1, -0.05) is 44.7 Å². The molecule has 0 amide bonds. The van der Waals surface area contributed by atoms with Crippen molar-refractivity contribution < 1.29 is 0 Å². The Morgan fingerprint density at radius 3 is 2.36 bits per heavy atom. The fourth-order valence-electron chi connectivity index (χ4n) is 1.07. The van der Waals surface area contributed by atoms with Crippen LogP contribution in [0.4, 0.5) is 0 Å². The van der Waals surface area contributed by atoms with Gasteiger partial charge in [-0.2, -0.15) is 0 Å². The molecule has 14 heavy (non-hydrogen) atoms. The van der Waals surface area contributed by atoms with E-state index in [0.717, 1.165) is 10.5 Å². The number of allylic oxidation sites excluding steroid dienone is 1. The third kappa shape index (κ3) is 3.84. The van der Waals surface area contributed by atoms with E-state index >= 15 is 0 Å². The molecule has 0 saturated heterocycles. The molecule has 0 spiro atoms. The van der Waals surface area contributed by atoms with Crippen molar-refractivity contribution in [2.45, 2.75) is 25.7 Å². The Morgan fingerprint density at radius 2 is 1.86 bits per heavy atom. The van der Waals surface area contributed by atoms with Crippen molar-refractivity contribution in [2.75, 3.05) is 0 Å². The van der Waals surface area contributed by atoms with E-state index in [1.54, 1.807) is 0 Å². The second kappa shape index (κ2) is 7.45. The van der Waals surface area contributed by atoms with Gasteiger partial charge in [0.05, 0.1) is 0 Å². The molecule has 0 fully saturated rings. The first kappa shape index (κ1) is 13.1. The molecular weight excluding hydrogens is 188 g/mol. The summed E-state index contributed by atoms with van der Waals surface area (Å²) in [5.74, 6) is 0. The zero-order valence-electron chi connectivity index (χ0n) is 9.12. The lowest BCUT2D eigenvalue weighted by Gasteiger charge is -2.00. The minimum absolute atomic E-state index is 0.980. The predicted molar refractivity (Wildman–Crippen MR) is 69.8 cm³/mol. The van der Waals surface area contributed by atoms with Gasteiger partial charge in [-0.25, -0.2) is 0 Å². The van der Waals surface area contributed by atoms with E-state index in [4.69, 9.17) is 0 Å². The molecule has 0 N–H and O–H groups in total. The second-order valence-corrected chi connectivity index (χ2v) is 3.03. The summed E-state index contributed by atoms with van der Waals surface area (Å²) in [5, 5.41) is 0. The molecule has 0 aliphatic carbocycles. The molecule has 76 valence electrons. The number of benzene rings is 1. The van der Waals surface area contributed by atoms with Gasteiger partial charge in [0.15, 0.2) is 0 Å². The highest BCUT2D eigenvalue weighted by Gasteiger charge is 1.94. The van der Waals surface area contributed by atoms with Crippen molar-refractivity contribution in [1.82, 2.24) is 0 Å². The number of thiol groups is 1. The molecule has 0 bridgehead atoms. The Balaban J connectivity index is 0.000000791. The normalized spacial score (nSPS) is 9.43. The highest BCUT2D eigenvalue weighted by atomic mass is 32.1. The first-order valence-corrected chi connectivity index (χ1v) is 5.31. The lowest BCUT2D eigenvalue weighted by Crippen LogP contribution is -1.79. The summed E-state index contributed by atoms with van der Waals surface area (Å²) in [4.78, 5) is 0.980. The van der Waals surface area contributed by atoms with Gasteiger partial charge >= 0.3 is 0 Å². The fraction of sp³-hybridized carbons (Fsp3) is 0.231. The van der Waals surface area contributed by atoms with Crippen LogP contribution in [-0.4, -0.2) is 0 Å². The lowest BCUT2D eigenvalue weighted by molar-refractivity contribution is 1.44. The molecule has 0 atom stereocenters. The lowest BCUT2D eigenvalue weighted by atomic mass is 10.1. The van der Waals surface area contributed by atoms with Gasteiger partial charge in [-0.3, -0.25) is 0 Å². The van der Waals surface area contributed by atoms with Crippen LogP contribution in [0.15, 0.2) is 35.7 Å². The van der Waals surface area contributed by atoms with Crippen molar-refractivity contribution in [3.8, 4) is 0 Å². The van der Waals surface area contributed by atoms with Crippen molar-refractivity contribution in [3.05, 3.63) is 42.0 Å². The highest BCUT2D eigenvalue weighted by Crippen LogP contribution is 2.17. The van der Waals surface area contributed by atoms with Gasteiger partial charge in [-0.15, -0.1) is 12.6 Å². The van der Waals surface area contributed by atoms with Crippen LogP contribution in [0, 0.1) is 0 Å². The molecule has 0 unspecified atom stereocenters. The van der Waals surface area contributed by atoms with E-state index in [2.05, 4.69) is 25.3 Å². The van der Waals surface area contributed by atoms with Crippen molar-refractivity contribution in [3.63, 3.8) is 0 Å². The predicted octanol–water partition coefficient (Wildman–Crippen LogP) is 4.68. The first-order chi connectivity index (χ1) is 6.77. The Morgan fingerprint density at radius 1 is 1.21 bits per heavy atom. The van der Waals surface area contributed by atoms with E-state index in [1.165, 1.54) is 5.56 Å². The van der Waals surface area contributed by atoms with Gasteiger partial charge in [0.2, 0.25) is 0 Å². The molecule has 1 aromatic carbocycles. The van der Waals surface area contributed by atoms with E-state index in [0.29, 0.717) is 0 Å². The van der Waals surface area contributed by atoms with E-state index in [1.807, 2.05) is 51.1 Å². The van der Waals surface area contributed by atoms with Crippen LogP contribution in [-0.2, 0) is 0 Å². The molecule has 1 rings (SSSR count). The standard InChI is InChI=1S/C11H12S.C2H6/c1-3-5-10-8-11(12)7-6-9(10)4-2;1-2/h3-8,12H,2H2,1H3;1-2H3/b5-3-;. The first-order valence-electron chi connectivity index (χ1n) is 4.86. The minimum atomic E-state index is 0.980. The van der Waals surface area contributed by atoms with E-state index < -0.39 is 0 Å². The van der Waals surface area contributed by atoms with Crippen LogP contribution in [0.2, 0.25) is 0 Å². The molecule has 0 nitrogen and oxygen atoms in total. The molecule has 0 heterocycles. The van der Waals surface area contributed by atoms with Crippen LogP contribution in [0.3, 0.4) is 0 Å². The quantitative estimate of drug-likeness (QED) is 0.667. The fourth-order valence-corrected chi connectivity index (χ4v) is 1.29. The molecule has 0 aliphatic rings. The summed E-state index contributed by atoms with van der Waals surface area (Å²) in [5.41, 5.74) is 2.31. The zero-order valence-corrected chi connectivity index (χ0v) is 10.0. The maximum absolute atomic E-state index is 4.26. The Hall–Kier alpha value is -0.950. The largest absolute Gasteiger partial charge is 0.143 e. The van der Waals surface area contributed by atoms with Crippen LogP contribution >= 0.6 is 12.6 Å².